The van der Waals surface area contributed by atoms with Crippen molar-refractivity contribution in [2.24, 2.45) is 4.99 Å². The highest BCUT2D eigenvalue weighted by Crippen LogP contribution is 2.45. The van der Waals surface area contributed by atoms with E-state index in [9.17, 15) is 20.4 Å². The molecule has 4 unspecified atom stereocenters. The van der Waals surface area contributed by atoms with E-state index in [0.29, 0.717) is 23.8 Å². The number of amidine groups is 1. The molecule has 1 heterocycles. The highest BCUT2D eigenvalue weighted by Gasteiger charge is 2.58. The van der Waals surface area contributed by atoms with Crippen LogP contribution in [0.25, 0.3) is 0 Å². The second-order valence-corrected chi connectivity index (χ2v) is 15.6. The third-order valence-corrected chi connectivity index (χ3v) is 10.8. The Labute approximate surface area is 328 Å². The number of rotatable bonds is 20. The Hall–Kier alpha value is -3.99. The zero-order chi connectivity index (χ0) is 39.5. The molecule has 4 atom stereocenters. The number of nitrogens with one attached hydrogen (secondary N) is 2. The topological polar surface area (TPSA) is 136 Å². The minimum Gasteiger partial charge on any atom is -0.507 e. The molecule has 0 spiro atoms. The summed E-state index contributed by atoms with van der Waals surface area (Å²) in [5.74, 6) is -1.84. The molecular weight excluding hydrogens is 691 g/mol. The zero-order valence-electron chi connectivity index (χ0n) is 33.5. The van der Waals surface area contributed by atoms with E-state index in [1.165, 1.54) is 57.4 Å². The number of hydrogen-bond donors (Lipinski definition) is 6. The number of ether oxygens (including phenoxy) is 2. The van der Waals surface area contributed by atoms with Crippen molar-refractivity contribution >= 4 is 5.84 Å². The first-order chi connectivity index (χ1) is 26.4. The highest BCUT2D eigenvalue weighted by molar-refractivity contribution is 6.01. The van der Waals surface area contributed by atoms with Crippen LogP contribution in [0.2, 0.25) is 0 Å². The molecule has 0 saturated carbocycles. The summed E-state index contributed by atoms with van der Waals surface area (Å²) in [5.41, 5.74) is 2.35. The number of allylic oxidation sites excluding steroid dienone is 2. The van der Waals surface area contributed by atoms with Crippen LogP contribution in [0.15, 0.2) is 83.9 Å². The number of aromatic hydroxyl groups is 1. The second kappa shape index (κ2) is 19.2. The van der Waals surface area contributed by atoms with Crippen molar-refractivity contribution in [1.82, 2.24) is 10.6 Å². The van der Waals surface area contributed by atoms with Crippen LogP contribution in [0.1, 0.15) is 116 Å². The predicted octanol–water partition coefficient (Wildman–Crippen LogP) is 8.15. The lowest BCUT2D eigenvalue weighted by atomic mass is 9.74. The first kappa shape index (κ1) is 42.2. The van der Waals surface area contributed by atoms with Crippen molar-refractivity contribution in [3.63, 3.8) is 0 Å². The van der Waals surface area contributed by atoms with Gasteiger partial charge in [0, 0.05) is 24.7 Å². The Kier molecular flexibility index (Phi) is 14.7. The van der Waals surface area contributed by atoms with Crippen LogP contribution in [-0.4, -0.2) is 57.8 Å². The number of phenolic OH excluding ortho intramolecular Hbond substituents is 1. The Balaban J connectivity index is 1.32. The molecule has 298 valence electrons. The third kappa shape index (κ3) is 10.5. The van der Waals surface area contributed by atoms with Gasteiger partial charge in [-0.05, 0) is 69.0 Å². The zero-order valence-corrected chi connectivity index (χ0v) is 33.5. The van der Waals surface area contributed by atoms with Gasteiger partial charge in [0.25, 0.3) is 0 Å². The van der Waals surface area contributed by atoms with Crippen molar-refractivity contribution in [1.29, 1.82) is 0 Å². The average molecular weight is 754 g/mol. The van der Waals surface area contributed by atoms with E-state index >= 15 is 0 Å². The molecule has 0 bridgehead atoms. The van der Waals surface area contributed by atoms with E-state index in [0.717, 1.165) is 40.7 Å². The Bertz CT molecular complexity index is 1820. The first-order valence-corrected chi connectivity index (χ1v) is 20.2. The molecule has 6 N–H and O–H groups in total. The van der Waals surface area contributed by atoms with E-state index in [-0.39, 0.29) is 30.9 Å². The van der Waals surface area contributed by atoms with Gasteiger partial charge in [-0.25, -0.2) is 10.3 Å². The number of nitrogens with zero attached hydrogens (tertiary/aromatic N) is 1. The normalized spacial score (nSPS) is 22.7. The molecule has 3 aromatic rings. The van der Waals surface area contributed by atoms with Gasteiger partial charge in [-0.15, -0.1) is 0 Å². The number of aryl methyl sites for hydroxylation is 4. The monoisotopic (exact) mass is 753 g/mol. The molecule has 3 aromatic carbocycles. The number of benzene rings is 3. The van der Waals surface area contributed by atoms with E-state index < -0.39 is 23.2 Å². The van der Waals surface area contributed by atoms with Gasteiger partial charge in [0.1, 0.15) is 35.6 Å². The fraction of sp³-hybridized carbons (Fsp3) is 0.500. The number of phenols is 1. The van der Waals surface area contributed by atoms with Gasteiger partial charge >= 0.3 is 0 Å². The van der Waals surface area contributed by atoms with E-state index in [1.807, 2.05) is 76.2 Å². The SMILES string of the molecule is CCCCCCCCCCCCOCC(O)COc1ccc(C2(O)N=C(c3ccc(C)cc3C)NC(c3ccc(C)cc3C)(C3(O)C=CC=CC3)N2)c(O)c1. The molecule has 1 aliphatic heterocycles. The van der Waals surface area contributed by atoms with Gasteiger partial charge in [0.05, 0.1) is 12.2 Å². The predicted molar refractivity (Wildman–Crippen MR) is 220 cm³/mol. The summed E-state index contributed by atoms with van der Waals surface area (Å²) < 4.78 is 11.6. The summed E-state index contributed by atoms with van der Waals surface area (Å²) in [7, 11) is 0. The van der Waals surface area contributed by atoms with Crippen molar-refractivity contribution in [2.75, 3.05) is 19.8 Å². The van der Waals surface area contributed by atoms with E-state index in [1.54, 1.807) is 24.3 Å². The highest BCUT2D eigenvalue weighted by atomic mass is 16.5. The van der Waals surface area contributed by atoms with Crippen molar-refractivity contribution < 1.29 is 29.9 Å². The number of aliphatic hydroxyl groups is 3. The number of aliphatic imine (C=N–C) groups is 1. The van der Waals surface area contributed by atoms with Crippen LogP contribution in [0.3, 0.4) is 0 Å². The van der Waals surface area contributed by atoms with Gasteiger partial charge in [-0.1, -0.05) is 130 Å². The molecule has 2 aliphatic rings. The maximum Gasteiger partial charge on any atom is 0.248 e. The maximum atomic E-state index is 12.7. The van der Waals surface area contributed by atoms with Crippen LogP contribution in [0, 0.1) is 27.7 Å². The summed E-state index contributed by atoms with van der Waals surface area (Å²) in [5, 5.41) is 54.2. The Morgan fingerprint density at radius 2 is 1.42 bits per heavy atom. The van der Waals surface area contributed by atoms with Gasteiger partial charge < -0.3 is 35.2 Å². The minimum absolute atomic E-state index is 0.0268. The first-order valence-electron chi connectivity index (χ1n) is 20.2. The van der Waals surface area contributed by atoms with Gasteiger partial charge in [0.2, 0.25) is 5.85 Å². The average Bonchev–Trinajstić information content (AvgIpc) is 3.14. The molecule has 0 saturated heterocycles. The molecule has 0 radical (unpaired) electrons. The van der Waals surface area contributed by atoms with Crippen molar-refractivity contribution in [3.8, 4) is 11.5 Å². The van der Waals surface area contributed by atoms with E-state index in [2.05, 4.69) is 17.6 Å². The van der Waals surface area contributed by atoms with Crippen molar-refractivity contribution in [3.05, 3.63) is 118 Å². The molecule has 5 rings (SSSR count). The lowest BCUT2D eigenvalue weighted by Crippen LogP contribution is -2.75. The molecule has 9 nitrogen and oxygen atoms in total. The summed E-state index contributed by atoms with van der Waals surface area (Å²) in [6.45, 7) is 10.9. The smallest absolute Gasteiger partial charge is 0.248 e. The molecule has 0 amide bonds. The fourth-order valence-corrected chi connectivity index (χ4v) is 7.78. The van der Waals surface area contributed by atoms with Gasteiger partial charge in [0.15, 0.2) is 5.66 Å². The lowest BCUT2D eigenvalue weighted by Gasteiger charge is -2.54. The van der Waals surface area contributed by atoms with Crippen molar-refractivity contribution in [2.45, 2.75) is 128 Å². The third-order valence-electron chi connectivity index (χ3n) is 10.8. The van der Waals surface area contributed by atoms with Crippen LogP contribution < -0.4 is 15.4 Å². The lowest BCUT2D eigenvalue weighted by molar-refractivity contribution is -0.107. The molecule has 1 aliphatic carbocycles. The van der Waals surface area contributed by atoms with Gasteiger partial charge in [-0.2, -0.15) is 0 Å². The molecule has 55 heavy (non-hydrogen) atoms. The van der Waals surface area contributed by atoms with Crippen LogP contribution >= 0.6 is 0 Å². The number of aliphatic hydroxyl groups excluding tert-OH is 1. The Morgan fingerprint density at radius 3 is 2.05 bits per heavy atom. The second-order valence-electron chi connectivity index (χ2n) is 15.6. The molecular formula is C46H63N3O6. The number of hydrogen-bond acceptors (Lipinski definition) is 9. The number of unbranched alkanes of at least 4 members (excludes halogenated alkanes) is 9. The molecule has 9 heteroatoms. The van der Waals surface area contributed by atoms with Crippen LogP contribution in [0.4, 0.5) is 0 Å². The quantitative estimate of drug-likeness (QED) is 0.0637. The fourth-order valence-electron chi connectivity index (χ4n) is 7.78. The standard InChI is InChI=1S/C46H63N3O6/c1-6-7-8-9-10-11-12-13-14-18-27-54-31-37(50)32-55-38-21-24-41(42(51)30-38)46(53)48-43(39-22-19-33(2)28-35(39)4)47-45(49-46,44(52)25-16-15-17-26-44)40-23-20-34(3)29-36(40)5/h15-17,19-25,28-30,37,49-53H,6-14,18,26-27,31-32H2,1-5H3,(H,47,48). The largest absolute Gasteiger partial charge is 0.507 e. The molecule has 0 fully saturated rings. The summed E-state index contributed by atoms with van der Waals surface area (Å²) >= 11 is 0. The minimum atomic E-state index is -2.22. The molecule has 0 aromatic heterocycles. The summed E-state index contributed by atoms with van der Waals surface area (Å²) in [4.78, 5) is 4.83. The van der Waals surface area contributed by atoms with Gasteiger partial charge in [-0.3, -0.25) is 0 Å². The maximum absolute atomic E-state index is 12.7. The summed E-state index contributed by atoms with van der Waals surface area (Å²) in [6, 6.07) is 16.5. The summed E-state index contributed by atoms with van der Waals surface area (Å²) in [6.07, 6.45) is 19.2. The Morgan fingerprint density at radius 1 is 0.764 bits per heavy atom. The van der Waals surface area contributed by atoms with Crippen LogP contribution in [-0.2, 0) is 16.2 Å². The van der Waals surface area contributed by atoms with E-state index in [4.69, 9.17) is 14.5 Å². The van der Waals surface area contributed by atoms with Crippen LogP contribution in [0.5, 0.6) is 11.5 Å².